The van der Waals surface area contributed by atoms with Crippen molar-refractivity contribution < 1.29 is 12.8 Å². The second-order valence-corrected chi connectivity index (χ2v) is 6.10. The average Bonchev–Trinajstić information content (AvgIpc) is 2.14. The molecule has 17 heavy (non-hydrogen) atoms. The Hall–Kier alpha value is -1.61. The molecule has 0 amide bonds. The number of nitrogens with one attached hydrogen (secondary N) is 1. The van der Waals surface area contributed by atoms with E-state index in [0.29, 0.717) is 5.69 Å². The van der Waals surface area contributed by atoms with E-state index in [-0.39, 0.29) is 17.4 Å². The molecule has 0 aromatic heterocycles. The van der Waals surface area contributed by atoms with Gasteiger partial charge in [0.05, 0.1) is 11.4 Å². The maximum Gasteiger partial charge on any atom is 0.149 e. The molecule has 6 heteroatoms. The summed E-state index contributed by atoms with van der Waals surface area (Å²) in [6, 6.07) is 5.55. The topological polar surface area (TPSA) is 70.0 Å². The molecular formula is C11H13FN2O2S. The first-order chi connectivity index (χ1) is 7.83. The predicted octanol–water partition coefficient (Wildman–Crippen LogP) is 1.54. The number of sulfone groups is 1. The highest BCUT2D eigenvalue weighted by molar-refractivity contribution is 7.90. The molecule has 0 heterocycles. The number of rotatable bonds is 4. The lowest BCUT2D eigenvalue weighted by Crippen LogP contribution is -2.25. The summed E-state index contributed by atoms with van der Waals surface area (Å²) in [4.78, 5) is 0. The highest BCUT2D eigenvalue weighted by Crippen LogP contribution is 2.18. The standard InChI is InChI=1S/C11H13FN2O2S/c1-8(7-17(2,15)16)14-11-5-3-4-10(12)9(11)6-13/h3-5,8,14H,7H2,1-2H3. The molecule has 1 rings (SSSR count). The SMILES string of the molecule is CC(CS(C)(=O)=O)Nc1cccc(F)c1C#N. The van der Waals surface area contributed by atoms with Crippen molar-refractivity contribution in [3.05, 3.63) is 29.6 Å². The van der Waals surface area contributed by atoms with Crippen LogP contribution in [0.5, 0.6) is 0 Å². The van der Waals surface area contributed by atoms with Gasteiger partial charge in [-0.05, 0) is 19.1 Å². The zero-order valence-electron chi connectivity index (χ0n) is 9.57. The second kappa shape index (κ2) is 5.15. The Balaban J connectivity index is 2.90. The molecule has 1 aromatic carbocycles. The maximum absolute atomic E-state index is 13.3. The molecule has 0 saturated carbocycles. The lowest BCUT2D eigenvalue weighted by Gasteiger charge is -2.15. The summed E-state index contributed by atoms with van der Waals surface area (Å²) in [5.41, 5.74) is 0.205. The summed E-state index contributed by atoms with van der Waals surface area (Å²) in [7, 11) is -3.11. The minimum Gasteiger partial charge on any atom is -0.380 e. The van der Waals surface area contributed by atoms with Crippen LogP contribution in [-0.4, -0.2) is 26.5 Å². The highest BCUT2D eigenvalue weighted by Gasteiger charge is 2.13. The van der Waals surface area contributed by atoms with Crippen LogP contribution in [0.3, 0.4) is 0 Å². The number of halogens is 1. The monoisotopic (exact) mass is 256 g/mol. The number of anilines is 1. The normalized spacial score (nSPS) is 12.8. The Morgan fingerprint density at radius 3 is 2.71 bits per heavy atom. The van der Waals surface area contributed by atoms with Crippen LogP contribution in [0.4, 0.5) is 10.1 Å². The minimum atomic E-state index is -3.11. The number of benzene rings is 1. The van der Waals surface area contributed by atoms with Crippen LogP contribution >= 0.6 is 0 Å². The van der Waals surface area contributed by atoms with E-state index in [1.54, 1.807) is 19.1 Å². The molecule has 1 atom stereocenters. The third-order valence-corrected chi connectivity index (χ3v) is 3.19. The summed E-state index contributed by atoms with van der Waals surface area (Å²) < 4.78 is 35.4. The van der Waals surface area contributed by atoms with Crippen molar-refractivity contribution in [2.45, 2.75) is 13.0 Å². The minimum absolute atomic E-state index is 0.0750. The van der Waals surface area contributed by atoms with E-state index in [1.807, 2.05) is 0 Å². The molecule has 4 nitrogen and oxygen atoms in total. The zero-order chi connectivity index (χ0) is 13.1. The Labute approximate surface area is 100.0 Å². The van der Waals surface area contributed by atoms with Gasteiger partial charge in [-0.15, -0.1) is 0 Å². The molecule has 0 aliphatic rings. The molecule has 92 valence electrons. The summed E-state index contributed by atoms with van der Waals surface area (Å²) in [6.45, 7) is 1.66. The van der Waals surface area contributed by atoms with Gasteiger partial charge in [-0.3, -0.25) is 0 Å². The Morgan fingerprint density at radius 2 is 2.18 bits per heavy atom. The Kier molecular flexibility index (Phi) is 4.07. The second-order valence-electron chi connectivity index (χ2n) is 3.91. The van der Waals surface area contributed by atoms with E-state index in [1.165, 1.54) is 12.1 Å². The Morgan fingerprint density at radius 1 is 1.53 bits per heavy atom. The smallest absolute Gasteiger partial charge is 0.149 e. The molecule has 0 bridgehead atoms. The zero-order valence-corrected chi connectivity index (χ0v) is 10.4. The predicted molar refractivity (Wildman–Crippen MR) is 63.9 cm³/mol. The van der Waals surface area contributed by atoms with Gasteiger partial charge in [-0.25, -0.2) is 12.8 Å². The molecule has 0 saturated heterocycles. The van der Waals surface area contributed by atoms with E-state index in [4.69, 9.17) is 5.26 Å². The first kappa shape index (κ1) is 13.5. The molecular weight excluding hydrogens is 243 g/mol. The summed E-state index contributed by atoms with van der Waals surface area (Å²) >= 11 is 0. The quantitative estimate of drug-likeness (QED) is 0.887. The van der Waals surface area contributed by atoms with Crippen molar-refractivity contribution in [3.63, 3.8) is 0 Å². The van der Waals surface area contributed by atoms with Crippen LogP contribution in [0.2, 0.25) is 0 Å². The number of nitriles is 1. The molecule has 1 aromatic rings. The van der Waals surface area contributed by atoms with Crippen LogP contribution < -0.4 is 5.32 Å². The summed E-state index contributed by atoms with van der Waals surface area (Å²) in [6.07, 6.45) is 1.13. The third kappa shape index (κ3) is 4.04. The third-order valence-electron chi connectivity index (χ3n) is 2.08. The van der Waals surface area contributed by atoms with Crippen molar-refractivity contribution in [3.8, 4) is 6.07 Å². The van der Waals surface area contributed by atoms with Gasteiger partial charge in [0, 0.05) is 12.3 Å². The summed E-state index contributed by atoms with van der Waals surface area (Å²) in [5.74, 6) is -0.696. The van der Waals surface area contributed by atoms with Crippen LogP contribution in [-0.2, 0) is 9.84 Å². The number of hydrogen-bond donors (Lipinski definition) is 1. The fourth-order valence-corrected chi connectivity index (χ4v) is 2.51. The van der Waals surface area contributed by atoms with Gasteiger partial charge in [0.25, 0.3) is 0 Å². The van der Waals surface area contributed by atoms with Crippen LogP contribution in [0.1, 0.15) is 12.5 Å². The van der Waals surface area contributed by atoms with Crippen LogP contribution in [0, 0.1) is 17.1 Å². The Bertz CT molecular complexity index is 549. The van der Waals surface area contributed by atoms with Crippen molar-refractivity contribution in [1.82, 2.24) is 0 Å². The molecule has 1 unspecified atom stereocenters. The fourth-order valence-electron chi connectivity index (χ4n) is 1.52. The van der Waals surface area contributed by atoms with E-state index >= 15 is 0 Å². The first-order valence-corrected chi connectivity index (χ1v) is 7.02. The van der Waals surface area contributed by atoms with Crippen molar-refractivity contribution >= 4 is 15.5 Å². The molecule has 0 aliphatic carbocycles. The van der Waals surface area contributed by atoms with Gasteiger partial charge in [0.2, 0.25) is 0 Å². The van der Waals surface area contributed by atoms with Crippen LogP contribution in [0.15, 0.2) is 18.2 Å². The molecule has 0 spiro atoms. The summed E-state index contributed by atoms with van der Waals surface area (Å²) in [5, 5.41) is 11.6. The fraction of sp³-hybridized carbons (Fsp3) is 0.364. The first-order valence-electron chi connectivity index (χ1n) is 4.96. The van der Waals surface area contributed by atoms with Crippen molar-refractivity contribution in [1.29, 1.82) is 5.26 Å². The molecule has 0 radical (unpaired) electrons. The van der Waals surface area contributed by atoms with Crippen LogP contribution in [0.25, 0.3) is 0 Å². The molecule has 0 aliphatic heterocycles. The van der Waals surface area contributed by atoms with Crippen molar-refractivity contribution in [2.75, 3.05) is 17.3 Å². The van der Waals surface area contributed by atoms with Gasteiger partial charge < -0.3 is 5.32 Å². The molecule has 1 N–H and O–H groups in total. The largest absolute Gasteiger partial charge is 0.380 e. The van der Waals surface area contributed by atoms with E-state index in [9.17, 15) is 12.8 Å². The average molecular weight is 256 g/mol. The lowest BCUT2D eigenvalue weighted by molar-refractivity contribution is 0.598. The lowest BCUT2D eigenvalue weighted by atomic mass is 10.1. The van der Waals surface area contributed by atoms with Gasteiger partial charge in [-0.1, -0.05) is 6.07 Å². The number of nitrogens with zero attached hydrogens (tertiary/aromatic N) is 1. The highest BCUT2D eigenvalue weighted by atomic mass is 32.2. The van der Waals surface area contributed by atoms with Gasteiger partial charge >= 0.3 is 0 Å². The van der Waals surface area contributed by atoms with Gasteiger partial charge in [0.15, 0.2) is 0 Å². The van der Waals surface area contributed by atoms with Crippen molar-refractivity contribution in [2.24, 2.45) is 0 Å². The van der Waals surface area contributed by atoms with Gasteiger partial charge in [0.1, 0.15) is 27.3 Å². The van der Waals surface area contributed by atoms with E-state index in [2.05, 4.69) is 5.32 Å². The van der Waals surface area contributed by atoms with Gasteiger partial charge in [-0.2, -0.15) is 5.26 Å². The van der Waals surface area contributed by atoms with E-state index in [0.717, 1.165) is 6.26 Å². The number of hydrogen-bond acceptors (Lipinski definition) is 4. The maximum atomic E-state index is 13.3. The molecule has 0 fully saturated rings. The van der Waals surface area contributed by atoms with E-state index < -0.39 is 15.7 Å².